The number of amides is 1. The molecule has 2 aromatic rings. The van der Waals surface area contributed by atoms with Crippen LogP contribution in [0.25, 0.3) is 11.1 Å². The number of fused-ring (bicyclic) bond motifs is 1. The van der Waals surface area contributed by atoms with Crippen molar-refractivity contribution in [3.05, 3.63) is 36.2 Å². The third kappa shape index (κ3) is 2.79. The van der Waals surface area contributed by atoms with Gasteiger partial charge in [-0.05, 0) is 43.9 Å². The molecule has 124 valence electrons. The molecule has 1 aromatic carbocycles. The number of nitrogens with one attached hydrogen (secondary N) is 1. The molecular formula is C18H18N2O4. The minimum Gasteiger partial charge on any atom is -0.481 e. The average molecular weight is 326 g/mol. The summed E-state index contributed by atoms with van der Waals surface area (Å²) < 4.78 is 5.71. The van der Waals surface area contributed by atoms with E-state index in [-0.39, 0.29) is 5.91 Å². The van der Waals surface area contributed by atoms with E-state index in [1.807, 2.05) is 12.2 Å². The van der Waals surface area contributed by atoms with Gasteiger partial charge in [0.05, 0.1) is 11.8 Å². The summed E-state index contributed by atoms with van der Waals surface area (Å²) in [6.45, 7) is 0. The molecule has 1 aromatic heterocycles. The lowest BCUT2D eigenvalue weighted by Crippen LogP contribution is -2.34. The van der Waals surface area contributed by atoms with Crippen molar-refractivity contribution in [2.24, 2.45) is 11.8 Å². The zero-order valence-electron chi connectivity index (χ0n) is 13.1. The highest BCUT2D eigenvalue weighted by Gasteiger charge is 2.34. The van der Waals surface area contributed by atoms with Crippen LogP contribution in [0, 0.1) is 11.8 Å². The highest BCUT2D eigenvalue weighted by atomic mass is 16.4. The van der Waals surface area contributed by atoms with Crippen molar-refractivity contribution >= 4 is 28.7 Å². The van der Waals surface area contributed by atoms with Gasteiger partial charge in [0.2, 0.25) is 5.91 Å². The second-order valence-electron chi connectivity index (χ2n) is 6.49. The Kier molecular flexibility index (Phi) is 3.59. The van der Waals surface area contributed by atoms with Crippen LogP contribution in [0.2, 0.25) is 0 Å². The quantitative estimate of drug-likeness (QED) is 0.841. The fourth-order valence-electron chi connectivity index (χ4n) is 3.14. The zero-order chi connectivity index (χ0) is 16.7. The summed E-state index contributed by atoms with van der Waals surface area (Å²) in [6.07, 6.45) is 6.75. The Bertz CT molecular complexity index is 835. The molecule has 1 amide bonds. The van der Waals surface area contributed by atoms with Gasteiger partial charge in [-0.25, -0.2) is 4.98 Å². The van der Waals surface area contributed by atoms with Crippen LogP contribution in [0.3, 0.4) is 0 Å². The molecule has 2 aliphatic rings. The SMILES string of the molecule is O=C(Nc1ccc2oc(C3CC3)nc2c1)[C@H]1CC=CC[C@H]1C(=O)O. The number of anilines is 1. The molecule has 24 heavy (non-hydrogen) atoms. The Balaban J connectivity index is 1.53. The van der Waals surface area contributed by atoms with Crippen LogP contribution in [0.5, 0.6) is 0 Å². The van der Waals surface area contributed by atoms with Crippen LogP contribution in [0.15, 0.2) is 34.8 Å². The molecule has 2 N–H and O–H groups in total. The Morgan fingerprint density at radius 3 is 2.62 bits per heavy atom. The molecule has 0 saturated heterocycles. The molecule has 6 heteroatoms. The Morgan fingerprint density at radius 1 is 1.17 bits per heavy atom. The molecule has 1 heterocycles. The van der Waals surface area contributed by atoms with Gasteiger partial charge in [-0.15, -0.1) is 0 Å². The van der Waals surface area contributed by atoms with E-state index in [1.54, 1.807) is 18.2 Å². The topological polar surface area (TPSA) is 92.4 Å². The van der Waals surface area contributed by atoms with Crippen molar-refractivity contribution in [2.45, 2.75) is 31.6 Å². The summed E-state index contributed by atoms with van der Waals surface area (Å²) in [4.78, 5) is 28.3. The number of rotatable bonds is 4. The maximum atomic E-state index is 12.5. The average Bonchev–Trinajstić information content (AvgIpc) is 3.34. The van der Waals surface area contributed by atoms with Crippen LogP contribution in [0.4, 0.5) is 5.69 Å². The number of carbonyl (C=O) groups excluding carboxylic acids is 1. The molecule has 0 bridgehead atoms. The predicted octanol–water partition coefficient (Wildman–Crippen LogP) is 3.31. The van der Waals surface area contributed by atoms with Crippen molar-refractivity contribution in [3.63, 3.8) is 0 Å². The summed E-state index contributed by atoms with van der Waals surface area (Å²) in [7, 11) is 0. The van der Waals surface area contributed by atoms with Crippen molar-refractivity contribution in [2.75, 3.05) is 5.32 Å². The molecule has 6 nitrogen and oxygen atoms in total. The van der Waals surface area contributed by atoms with E-state index < -0.39 is 17.8 Å². The summed E-state index contributed by atoms with van der Waals surface area (Å²) in [5.41, 5.74) is 2.04. The second-order valence-corrected chi connectivity index (χ2v) is 6.49. The van der Waals surface area contributed by atoms with Gasteiger partial charge in [0.15, 0.2) is 11.5 Å². The highest BCUT2D eigenvalue weighted by molar-refractivity contribution is 5.96. The fraction of sp³-hybridized carbons (Fsp3) is 0.389. The third-order valence-corrected chi connectivity index (χ3v) is 4.68. The number of hydrogen-bond acceptors (Lipinski definition) is 4. The van der Waals surface area contributed by atoms with Crippen LogP contribution < -0.4 is 5.32 Å². The van der Waals surface area contributed by atoms with Gasteiger partial charge in [-0.2, -0.15) is 0 Å². The maximum absolute atomic E-state index is 12.5. The van der Waals surface area contributed by atoms with Gasteiger partial charge >= 0.3 is 5.97 Å². The molecular weight excluding hydrogens is 308 g/mol. The van der Waals surface area contributed by atoms with Gasteiger partial charge in [0, 0.05) is 11.6 Å². The van der Waals surface area contributed by atoms with Crippen LogP contribution in [0.1, 0.15) is 37.5 Å². The normalized spacial score (nSPS) is 23.3. The van der Waals surface area contributed by atoms with E-state index in [0.29, 0.717) is 35.5 Å². The number of allylic oxidation sites excluding steroid dienone is 2. The van der Waals surface area contributed by atoms with Crippen molar-refractivity contribution in [1.82, 2.24) is 4.98 Å². The van der Waals surface area contributed by atoms with Crippen molar-refractivity contribution in [1.29, 1.82) is 0 Å². The zero-order valence-corrected chi connectivity index (χ0v) is 13.1. The fourth-order valence-corrected chi connectivity index (χ4v) is 3.14. The smallest absolute Gasteiger partial charge is 0.307 e. The first kappa shape index (κ1) is 14.9. The van der Waals surface area contributed by atoms with Gasteiger partial charge < -0.3 is 14.8 Å². The molecule has 1 saturated carbocycles. The van der Waals surface area contributed by atoms with Gasteiger partial charge in [-0.3, -0.25) is 9.59 Å². The van der Waals surface area contributed by atoms with E-state index in [2.05, 4.69) is 10.3 Å². The first-order chi connectivity index (χ1) is 11.6. The minimum absolute atomic E-state index is 0.267. The number of hydrogen-bond donors (Lipinski definition) is 2. The number of carboxylic acids is 1. The first-order valence-electron chi connectivity index (χ1n) is 8.21. The van der Waals surface area contributed by atoms with E-state index >= 15 is 0 Å². The number of oxazole rings is 1. The number of aromatic nitrogens is 1. The summed E-state index contributed by atoms with van der Waals surface area (Å²) in [6, 6.07) is 5.33. The lowest BCUT2D eigenvalue weighted by molar-refractivity contribution is -0.146. The van der Waals surface area contributed by atoms with Crippen LogP contribution >= 0.6 is 0 Å². The monoisotopic (exact) mass is 326 g/mol. The van der Waals surface area contributed by atoms with E-state index in [1.165, 1.54) is 0 Å². The molecule has 4 rings (SSSR count). The Hall–Kier alpha value is -2.63. The molecule has 0 spiro atoms. The van der Waals surface area contributed by atoms with Crippen molar-refractivity contribution < 1.29 is 19.1 Å². The molecule has 2 atom stereocenters. The first-order valence-corrected chi connectivity index (χ1v) is 8.21. The number of nitrogens with zero attached hydrogens (tertiary/aromatic N) is 1. The molecule has 1 fully saturated rings. The van der Waals surface area contributed by atoms with Gasteiger partial charge in [0.1, 0.15) is 5.52 Å². The number of carbonyl (C=O) groups is 2. The summed E-state index contributed by atoms with van der Waals surface area (Å²) in [5, 5.41) is 12.1. The van der Waals surface area contributed by atoms with Crippen LogP contribution in [-0.2, 0) is 9.59 Å². The summed E-state index contributed by atoms with van der Waals surface area (Å²) in [5.74, 6) is -1.23. The highest BCUT2D eigenvalue weighted by Crippen LogP contribution is 2.40. The molecule has 0 unspecified atom stereocenters. The van der Waals surface area contributed by atoms with Crippen molar-refractivity contribution in [3.8, 4) is 0 Å². The Morgan fingerprint density at radius 2 is 1.92 bits per heavy atom. The summed E-state index contributed by atoms with van der Waals surface area (Å²) >= 11 is 0. The minimum atomic E-state index is -0.930. The lowest BCUT2D eigenvalue weighted by Gasteiger charge is -2.24. The molecule has 0 radical (unpaired) electrons. The van der Waals surface area contributed by atoms with Gasteiger partial charge in [-0.1, -0.05) is 12.2 Å². The lowest BCUT2D eigenvalue weighted by atomic mass is 9.82. The largest absolute Gasteiger partial charge is 0.481 e. The number of aliphatic carboxylic acids is 1. The van der Waals surface area contributed by atoms with E-state index in [9.17, 15) is 14.7 Å². The predicted molar refractivity (Wildman–Crippen MR) is 87.6 cm³/mol. The maximum Gasteiger partial charge on any atom is 0.307 e. The van der Waals surface area contributed by atoms with E-state index in [4.69, 9.17) is 4.42 Å². The second kappa shape index (κ2) is 5.78. The van der Waals surface area contributed by atoms with Gasteiger partial charge in [0.25, 0.3) is 0 Å². The molecule has 0 aliphatic heterocycles. The number of benzene rings is 1. The Labute approximate surface area is 138 Å². The standard InChI is InChI=1S/C18H18N2O4/c21-16(12-3-1-2-4-13(12)18(22)23)19-11-7-8-15-14(9-11)20-17(24-15)10-5-6-10/h1-2,7-10,12-13H,3-6H2,(H,19,21)(H,22,23)/t12-,13+/m0/s1. The van der Waals surface area contributed by atoms with E-state index in [0.717, 1.165) is 18.7 Å². The third-order valence-electron chi connectivity index (χ3n) is 4.68. The number of carboxylic acid groups (broad SMARTS) is 1. The molecule has 2 aliphatic carbocycles. The van der Waals surface area contributed by atoms with Crippen LogP contribution in [-0.4, -0.2) is 22.0 Å².